The van der Waals surface area contributed by atoms with Crippen LogP contribution in [0, 0.1) is 0 Å². The van der Waals surface area contributed by atoms with Gasteiger partial charge in [0.1, 0.15) is 0 Å². The van der Waals surface area contributed by atoms with Crippen LogP contribution in [-0.4, -0.2) is 50.0 Å². The van der Waals surface area contributed by atoms with Crippen molar-refractivity contribution in [3.63, 3.8) is 0 Å². The van der Waals surface area contributed by atoms with Crippen LogP contribution in [0.5, 0.6) is 0 Å². The predicted molar refractivity (Wildman–Crippen MR) is 98.4 cm³/mol. The molecule has 1 fully saturated rings. The zero-order valence-electron chi connectivity index (χ0n) is 15.6. The fourth-order valence-corrected chi connectivity index (χ4v) is 3.33. The Bertz CT molecular complexity index is 610. The minimum absolute atomic E-state index is 0.0379. The Labute approximate surface area is 149 Å². The molecule has 1 aliphatic carbocycles. The number of nitrogens with one attached hydrogen (secondary N) is 2. The van der Waals surface area contributed by atoms with Gasteiger partial charge in [-0.3, -0.25) is 9.59 Å². The molecule has 1 saturated carbocycles. The van der Waals surface area contributed by atoms with E-state index in [4.69, 9.17) is 4.74 Å². The fraction of sp³-hybridized carbons (Fsp3) is 0.579. The molecule has 138 valence electrons. The van der Waals surface area contributed by atoms with Crippen LogP contribution in [0.15, 0.2) is 24.3 Å². The number of hydrogen-bond acceptors (Lipinski definition) is 4. The number of amides is 2. The molecule has 0 unspecified atom stereocenters. The molecule has 0 bridgehead atoms. The van der Waals surface area contributed by atoms with E-state index in [-0.39, 0.29) is 11.6 Å². The molecule has 0 heterocycles. The number of carbonyl (C=O) groups excluding carboxylic acids is 2. The maximum absolute atomic E-state index is 12.2. The topological polar surface area (TPSA) is 70.7 Å². The Morgan fingerprint density at radius 1 is 1.24 bits per heavy atom. The molecule has 0 radical (unpaired) electrons. The first kappa shape index (κ1) is 19.4. The Kier molecular flexibility index (Phi) is 6.56. The number of ether oxygens (including phenoxy) is 1. The van der Waals surface area contributed by atoms with Crippen LogP contribution in [-0.2, 0) is 14.3 Å². The first-order valence-corrected chi connectivity index (χ1v) is 8.77. The monoisotopic (exact) mass is 347 g/mol. The summed E-state index contributed by atoms with van der Waals surface area (Å²) < 4.78 is 5.28. The maximum atomic E-state index is 12.2. The molecule has 1 aromatic rings. The van der Waals surface area contributed by atoms with E-state index in [0.29, 0.717) is 12.2 Å². The Morgan fingerprint density at radius 2 is 1.92 bits per heavy atom. The van der Waals surface area contributed by atoms with Gasteiger partial charge in [-0.2, -0.15) is 0 Å². The third kappa shape index (κ3) is 4.80. The highest BCUT2D eigenvalue weighted by molar-refractivity contribution is 6.39. The number of methoxy groups -OCH3 is 1. The van der Waals surface area contributed by atoms with E-state index in [1.54, 1.807) is 13.2 Å². The normalized spacial score (nSPS) is 17.3. The summed E-state index contributed by atoms with van der Waals surface area (Å²) in [7, 11) is 5.69. The molecule has 1 aliphatic rings. The Balaban J connectivity index is 1.93. The van der Waals surface area contributed by atoms with Crippen LogP contribution in [0.1, 0.15) is 44.3 Å². The Morgan fingerprint density at radius 3 is 2.52 bits per heavy atom. The van der Waals surface area contributed by atoms with E-state index in [0.717, 1.165) is 31.2 Å². The number of carbonyl (C=O) groups is 2. The van der Waals surface area contributed by atoms with Gasteiger partial charge in [0.15, 0.2) is 0 Å². The fourth-order valence-electron chi connectivity index (χ4n) is 3.33. The van der Waals surface area contributed by atoms with E-state index < -0.39 is 11.8 Å². The summed E-state index contributed by atoms with van der Waals surface area (Å²) in [5.74, 6) is -1.24. The molecule has 2 amide bonds. The van der Waals surface area contributed by atoms with Crippen molar-refractivity contribution in [2.45, 2.75) is 44.2 Å². The van der Waals surface area contributed by atoms with Gasteiger partial charge >= 0.3 is 11.8 Å². The largest absolute Gasteiger partial charge is 0.377 e. The van der Waals surface area contributed by atoms with Gasteiger partial charge in [0.25, 0.3) is 0 Å². The van der Waals surface area contributed by atoms with Crippen molar-refractivity contribution in [3.8, 4) is 0 Å². The summed E-state index contributed by atoms with van der Waals surface area (Å²) in [4.78, 5) is 26.5. The minimum Gasteiger partial charge on any atom is -0.377 e. The van der Waals surface area contributed by atoms with Crippen molar-refractivity contribution in [1.29, 1.82) is 0 Å². The van der Waals surface area contributed by atoms with E-state index >= 15 is 0 Å². The number of likely N-dealkylation sites (N-methyl/N-ethyl adjacent to an activating group) is 1. The standard InChI is InChI=1S/C19H29N3O3/c1-14(25-4)15-8-7-9-16(12-15)21-18(24)17(23)20-13-19(22(2)3)10-5-6-11-19/h7-9,12,14H,5-6,10-11,13H2,1-4H3,(H,20,23)(H,21,24)/t14-/m1/s1. The average Bonchev–Trinajstić information content (AvgIpc) is 3.09. The average molecular weight is 347 g/mol. The third-order valence-electron chi connectivity index (χ3n) is 5.23. The summed E-state index contributed by atoms with van der Waals surface area (Å²) in [6.45, 7) is 2.42. The zero-order valence-corrected chi connectivity index (χ0v) is 15.6. The summed E-state index contributed by atoms with van der Waals surface area (Å²) in [5.41, 5.74) is 1.49. The summed E-state index contributed by atoms with van der Waals surface area (Å²) in [6, 6.07) is 7.33. The number of anilines is 1. The summed E-state index contributed by atoms with van der Waals surface area (Å²) >= 11 is 0. The van der Waals surface area contributed by atoms with Gasteiger partial charge < -0.3 is 20.3 Å². The van der Waals surface area contributed by atoms with E-state index in [9.17, 15) is 9.59 Å². The van der Waals surface area contributed by atoms with Crippen molar-refractivity contribution in [3.05, 3.63) is 29.8 Å². The van der Waals surface area contributed by atoms with Crippen LogP contribution in [0.2, 0.25) is 0 Å². The van der Waals surface area contributed by atoms with Crippen LogP contribution < -0.4 is 10.6 Å². The van der Waals surface area contributed by atoms with Crippen LogP contribution in [0.25, 0.3) is 0 Å². The van der Waals surface area contributed by atoms with Crippen LogP contribution in [0.3, 0.4) is 0 Å². The second kappa shape index (κ2) is 8.45. The smallest absolute Gasteiger partial charge is 0.313 e. The van der Waals surface area contributed by atoms with Crippen molar-refractivity contribution in [1.82, 2.24) is 10.2 Å². The molecule has 1 atom stereocenters. The molecule has 0 spiro atoms. The first-order chi connectivity index (χ1) is 11.9. The van der Waals surface area contributed by atoms with Crippen molar-refractivity contribution in [2.75, 3.05) is 33.1 Å². The number of nitrogens with zero attached hydrogens (tertiary/aromatic N) is 1. The molecule has 6 heteroatoms. The molecule has 2 N–H and O–H groups in total. The van der Waals surface area contributed by atoms with Crippen LogP contribution in [0.4, 0.5) is 5.69 Å². The highest BCUT2D eigenvalue weighted by Gasteiger charge is 2.36. The second-order valence-electron chi connectivity index (χ2n) is 6.97. The lowest BCUT2D eigenvalue weighted by Gasteiger charge is -2.36. The zero-order chi connectivity index (χ0) is 18.4. The van der Waals surface area contributed by atoms with Gasteiger partial charge in [0, 0.05) is 24.9 Å². The van der Waals surface area contributed by atoms with E-state index in [1.807, 2.05) is 39.2 Å². The van der Waals surface area contributed by atoms with Crippen molar-refractivity contribution >= 4 is 17.5 Å². The SMILES string of the molecule is CO[C@H](C)c1cccc(NC(=O)C(=O)NCC2(N(C)C)CCCC2)c1. The highest BCUT2D eigenvalue weighted by atomic mass is 16.5. The first-order valence-electron chi connectivity index (χ1n) is 8.77. The molecule has 6 nitrogen and oxygen atoms in total. The maximum Gasteiger partial charge on any atom is 0.313 e. The molecule has 0 saturated heterocycles. The number of hydrogen-bond donors (Lipinski definition) is 2. The van der Waals surface area contributed by atoms with Gasteiger partial charge in [0.05, 0.1) is 6.10 Å². The molecule has 0 aliphatic heterocycles. The van der Waals surface area contributed by atoms with Gasteiger partial charge in [-0.15, -0.1) is 0 Å². The number of benzene rings is 1. The Hall–Kier alpha value is -1.92. The lowest BCUT2D eigenvalue weighted by atomic mass is 9.96. The van der Waals surface area contributed by atoms with Crippen LogP contribution >= 0.6 is 0 Å². The summed E-state index contributed by atoms with van der Waals surface area (Å²) in [5, 5.41) is 5.46. The number of rotatable bonds is 6. The predicted octanol–water partition coefficient (Wildman–Crippen LogP) is 2.32. The van der Waals surface area contributed by atoms with Crippen molar-refractivity contribution in [2.24, 2.45) is 0 Å². The lowest BCUT2D eigenvalue weighted by Crippen LogP contribution is -2.52. The quantitative estimate of drug-likeness (QED) is 0.775. The molecular formula is C19H29N3O3. The highest BCUT2D eigenvalue weighted by Crippen LogP contribution is 2.33. The lowest BCUT2D eigenvalue weighted by molar-refractivity contribution is -0.136. The minimum atomic E-state index is -0.644. The van der Waals surface area contributed by atoms with Gasteiger partial charge in [-0.05, 0) is 51.6 Å². The molecule has 0 aromatic heterocycles. The van der Waals surface area contributed by atoms with Gasteiger partial charge in [0.2, 0.25) is 0 Å². The molecular weight excluding hydrogens is 318 g/mol. The second-order valence-corrected chi connectivity index (χ2v) is 6.97. The van der Waals surface area contributed by atoms with Crippen molar-refractivity contribution < 1.29 is 14.3 Å². The van der Waals surface area contributed by atoms with E-state index in [2.05, 4.69) is 15.5 Å². The third-order valence-corrected chi connectivity index (χ3v) is 5.23. The van der Waals surface area contributed by atoms with E-state index in [1.165, 1.54) is 0 Å². The summed E-state index contributed by atoms with van der Waals surface area (Å²) in [6.07, 6.45) is 4.32. The van der Waals surface area contributed by atoms with Gasteiger partial charge in [-0.1, -0.05) is 25.0 Å². The van der Waals surface area contributed by atoms with Gasteiger partial charge in [-0.25, -0.2) is 0 Å². The molecule has 25 heavy (non-hydrogen) atoms. The molecule has 2 rings (SSSR count). The molecule has 1 aromatic carbocycles.